The molecule has 0 radical (unpaired) electrons. The van der Waals surface area contributed by atoms with Crippen LogP contribution in [0, 0.1) is 0 Å². The summed E-state index contributed by atoms with van der Waals surface area (Å²) in [7, 11) is 0. The molecule has 2 aromatic carbocycles. The van der Waals surface area contributed by atoms with Gasteiger partial charge in [0.2, 0.25) is 0 Å². The number of halogens is 2. The monoisotopic (exact) mass is 499 g/mol. The minimum atomic E-state index is -3.29. The highest BCUT2D eigenvalue weighted by molar-refractivity contribution is 7.14. The molecule has 1 fully saturated rings. The number of carboxylic acids is 1. The van der Waals surface area contributed by atoms with E-state index in [-0.39, 0.29) is 23.4 Å². The van der Waals surface area contributed by atoms with Crippen LogP contribution in [-0.2, 0) is 9.53 Å². The van der Waals surface area contributed by atoms with Crippen LogP contribution in [0.15, 0.2) is 53.9 Å². The van der Waals surface area contributed by atoms with Crippen molar-refractivity contribution in [2.24, 2.45) is 0 Å². The van der Waals surface area contributed by atoms with Gasteiger partial charge < -0.3 is 14.7 Å². The molecule has 1 saturated heterocycles. The number of likely N-dealkylation sites (tertiary alicyclic amines) is 1. The van der Waals surface area contributed by atoms with Gasteiger partial charge in [-0.05, 0) is 22.3 Å². The van der Waals surface area contributed by atoms with Crippen molar-refractivity contribution in [2.75, 3.05) is 18.5 Å². The summed E-state index contributed by atoms with van der Waals surface area (Å²) in [5.41, 5.74) is 4.06. The van der Waals surface area contributed by atoms with E-state index >= 15 is 0 Å². The molecule has 5 rings (SSSR count). The molecule has 1 aliphatic carbocycles. The number of hydrogen-bond donors (Lipinski definition) is 2. The molecular weight excluding hydrogens is 480 g/mol. The highest BCUT2D eigenvalue weighted by atomic mass is 32.1. The van der Waals surface area contributed by atoms with Gasteiger partial charge in [-0.3, -0.25) is 10.1 Å². The molecule has 0 bridgehead atoms. The Hall–Kier alpha value is -3.86. The van der Waals surface area contributed by atoms with Gasteiger partial charge in [-0.25, -0.2) is 23.4 Å². The van der Waals surface area contributed by atoms with Gasteiger partial charge in [0.25, 0.3) is 11.8 Å². The van der Waals surface area contributed by atoms with E-state index in [2.05, 4.69) is 10.3 Å². The third-order valence-corrected chi connectivity index (χ3v) is 6.85. The van der Waals surface area contributed by atoms with Crippen LogP contribution in [-0.4, -0.2) is 58.1 Å². The van der Waals surface area contributed by atoms with Crippen molar-refractivity contribution in [1.29, 1.82) is 0 Å². The first kappa shape index (κ1) is 22.9. The Morgan fingerprint density at radius 3 is 2.37 bits per heavy atom. The summed E-state index contributed by atoms with van der Waals surface area (Å²) in [4.78, 5) is 40.9. The summed E-state index contributed by atoms with van der Waals surface area (Å²) in [6.45, 7) is -0.921. The normalized spacial score (nSPS) is 18.1. The third-order valence-electron chi connectivity index (χ3n) is 6.09. The lowest BCUT2D eigenvalue weighted by molar-refractivity contribution is -0.141. The van der Waals surface area contributed by atoms with Gasteiger partial charge in [0.05, 0.1) is 6.54 Å². The number of thiazole rings is 1. The second-order valence-electron chi connectivity index (χ2n) is 8.34. The third kappa shape index (κ3) is 4.34. The van der Waals surface area contributed by atoms with E-state index in [9.17, 15) is 28.3 Å². The van der Waals surface area contributed by atoms with Crippen molar-refractivity contribution in [3.8, 4) is 11.1 Å². The van der Waals surface area contributed by atoms with E-state index in [1.165, 1.54) is 5.38 Å². The van der Waals surface area contributed by atoms with Crippen LogP contribution in [0.4, 0.5) is 18.7 Å². The number of nitrogens with zero attached hydrogens (tertiary/aromatic N) is 2. The molecule has 2 amide bonds. The number of nitrogens with one attached hydrogen (secondary N) is 1. The molecule has 0 unspecified atom stereocenters. The average Bonchev–Trinajstić information content (AvgIpc) is 3.51. The molecule has 1 aliphatic heterocycles. The Bertz CT molecular complexity index is 1280. The van der Waals surface area contributed by atoms with Gasteiger partial charge in [0.15, 0.2) is 5.13 Å². The molecule has 11 heteroatoms. The lowest BCUT2D eigenvalue weighted by atomic mass is 9.98. The summed E-state index contributed by atoms with van der Waals surface area (Å²) < 4.78 is 32.8. The molecule has 35 heavy (non-hydrogen) atoms. The first-order valence-corrected chi connectivity index (χ1v) is 11.6. The van der Waals surface area contributed by atoms with Crippen molar-refractivity contribution < 1.29 is 33.0 Å². The molecule has 2 aliphatic rings. The van der Waals surface area contributed by atoms with E-state index in [1.54, 1.807) is 0 Å². The van der Waals surface area contributed by atoms with Crippen LogP contribution < -0.4 is 5.32 Å². The zero-order valence-electron chi connectivity index (χ0n) is 18.1. The van der Waals surface area contributed by atoms with Gasteiger partial charge in [0.1, 0.15) is 18.3 Å². The van der Waals surface area contributed by atoms with Crippen LogP contribution >= 0.6 is 11.3 Å². The Labute approximate surface area is 202 Å². The largest absolute Gasteiger partial charge is 0.480 e. The Morgan fingerprint density at radius 1 is 1.11 bits per heavy atom. The van der Waals surface area contributed by atoms with Crippen LogP contribution in [0.1, 0.15) is 34.0 Å². The fourth-order valence-electron chi connectivity index (χ4n) is 4.55. The van der Waals surface area contributed by atoms with Crippen LogP contribution in [0.5, 0.6) is 0 Å². The fraction of sp³-hybridized carbons (Fsp3) is 0.250. The number of fused-ring (bicyclic) bond motifs is 3. The maximum absolute atomic E-state index is 13.7. The molecule has 8 nitrogen and oxygen atoms in total. The van der Waals surface area contributed by atoms with Crippen molar-refractivity contribution in [2.45, 2.75) is 24.3 Å². The highest BCUT2D eigenvalue weighted by Crippen LogP contribution is 2.44. The highest BCUT2D eigenvalue weighted by Gasteiger charge is 2.50. The SMILES string of the molecule is O=C(Nc1nc(C(=O)N2CC(F)(F)C[C@@H]2C(=O)O)cs1)OCC1c2ccccc2-c2ccccc21. The minimum Gasteiger partial charge on any atom is -0.480 e. The van der Waals surface area contributed by atoms with E-state index < -0.39 is 42.9 Å². The van der Waals surface area contributed by atoms with E-state index in [0.717, 1.165) is 33.6 Å². The van der Waals surface area contributed by atoms with Gasteiger partial charge in [-0.1, -0.05) is 48.5 Å². The molecule has 3 aromatic rings. The van der Waals surface area contributed by atoms with Gasteiger partial charge in [0, 0.05) is 17.7 Å². The number of carbonyl (C=O) groups excluding carboxylic acids is 2. The maximum Gasteiger partial charge on any atom is 0.413 e. The van der Waals surface area contributed by atoms with Crippen molar-refractivity contribution >= 4 is 34.4 Å². The number of amides is 2. The van der Waals surface area contributed by atoms with Gasteiger partial charge in [-0.2, -0.15) is 0 Å². The Kier molecular flexibility index (Phi) is 5.72. The van der Waals surface area contributed by atoms with Gasteiger partial charge >= 0.3 is 12.1 Å². The van der Waals surface area contributed by atoms with E-state index in [0.29, 0.717) is 4.90 Å². The number of ether oxygens (including phenoxy) is 1. The summed E-state index contributed by atoms with van der Waals surface area (Å²) in [6, 6.07) is 14.1. The maximum atomic E-state index is 13.7. The number of benzene rings is 2. The summed E-state index contributed by atoms with van der Waals surface area (Å²) >= 11 is 0.904. The predicted octanol–water partition coefficient (Wildman–Crippen LogP) is 4.44. The number of carbonyl (C=O) groups is 3. The lowest BCUT2D eigenvalue weighted by Gasteiger charge is -2.19. The Morgan fingerprint density at radius 2 is 1.74 bits per heavy atom. The molecule has 1 atom stereocenters. The summed E-state index contributed by atoms with van der Waals surface area (Å²) in [6.07, 6.45) is -1.74. The zero-order chi connectivity index (χ0) is 24.7. The number of rotatable bonds is 5. The second kappa shape index (κ2) is 8.73. The van der Waals surface area contributed by atoms with E-state index in [1.807, 2.05) is 48.5 Å². The summed E-state index contributed by atoms with van der Waals surface area (Å²) in [5, 5.41) is 12.9. The first-order valence-electron chi connectivity index (χ1n) is 10.7. The summed E-state index contributed by atoms with van der Waals surface area (Å²) in [5.74, 6) is -5.88. The quantitative estimate of drug-likeness (QED) is 0.537. The molecule has 0 saturated carbocycles. The predicted molar refractivity (Wildman–Crippen MR) is 123 cm³/mol. The molecule has 180 valence electrons. The zero-order valence-corrected chi connectivity index (χ0v) is 18.9. The number of alkyl halides is 2. The van der Waals surface area contributed by atoms with Crippen molar-refractivity contribution in [1.82, 2.24) is 9.88 Å². The van der Waals surface area contributed by atoms with E-state index in [4.69, 9.17) is 4.74 Å². The first-order chi connectivity index (χ1) is 16.7. The van der Waals surface area contributed by atoms with Crippen LogP contribution in [0.3, 0.4) is 0 Å². The smallest absolute Gasteiger partial charge is 0.413 e. The number of anilines is 1. The molecule has 2 N–H and O–H groups in total. The van der Waals surface area contributed by atoms with Gasteiger partial charge in [-0.15, -0.1) is 11.3 Å². The molecule has 2 heterocycles. The van der Waals surface area contributed by atoms with Crippen molar-refractivity contribution in [3.63, 3.8) is 0 Å². The molecular formula is C24H19F2N3O5S. The molecule has 1 aromatic heterocycles. The number of hydrogen-bond acceptors (Lipinski definition) is 6. The fourth-order valence-corrected chi connectivity index (χ4v) is 5.22. The average molecular weight is 499 g/mol. The van der Waals surface area contributed by atoms with Crippen LogP contribution in [0.25, 0.3) is 11.1 Å². The molecule has 0 spiro atoms. The Balaban J connectivity index is 1.23. The van der Waals surface area contributed by atoms with Crippen LogP contribution in [0.2, 0.25) is 0 Å². The topological polar surface area (TPSA) is 109 Å². The number of carboxylic acid groups (broad SMARTS) is 1. The second-order valence-corrected chi connectivity index (χ2v) is 9.19. The number of aromatic nitrogens is 1. The minimum absolute atomic E-state index is 0.0309. The standard InChI is InChI=1S/C24H19F2N3O5S/c25-24(26)9-19(21(31)32)29(12-24)20(30)18-11-35-22(27-18)28-23(33)34-10-17-15-7-3-1-5-13(15)14-6-2-4-8-16(14)17/h1-8,11,17,19H,9-10,12H2,(H,31,32)(H,27,28,33)/t19-/m1/s1. The lowest BCUT2D eigenvalue weighted by Crippen LogP contribution is -2.40. The number of aliphatic carboxylic acids is 1. The van der Waals surface area contributed by atoms with Crippen molar-refractivity contribution in [3.05, 3.63) is 70.7 Å².